The number of halogens is 2. The van der Waals surface area contributed by atoms with Crippen LogP contribution in [0.1, 0.15) is 5.56 Å². The molecule has 0 bridgehead atoms. The fourth-order valence-corrected chi connectivity index (χ4v) is 4.30. The van der Waals surface area contributed by atoms with E-state index in [4.69, 9.17) is 11.6 Å². The molecule has 0 atom stereocenters. The van der Waals surface area contributed by atoms with Gasteiger partial charge in [0.25, 0.3) is 0 Å². The molecule has 156 valence electrons. The summed E-state index contributed by atoms with van der Waals surface area (Å²) in [7, 11) is 0. The minimum Gasteiger partial charge on any atom is -0.324 e. The molecule has 0 saturated carbocycles. The molecule has 3 aromatic carbocycles. The molecule has 1 N–H and O–H groups in total. The van der Waals surface area contributed by atoms with Gasteiger partial charge in [-0.2, -0.15) is 0 Å². The van der Waals surface area contributed by atoms with Crippen LogP contribution in [0, 0.1) is 6.92 Å². The Morgan fingerprint density at radius 3 is 2.58 bits per heavy atom. The molecular weight excluding hydrogens is 496 g/mol. The maximum atomic E-state index is 12.5. The van der Waals surface area contributed by atoms with Gasteiger partial charge in [0, 0.05) is 20.7 Å². The molecule has 4 aromatic rings. The van der Waals surface area contributed by atoms with Crippen molar-refractivity contribution in [2.45, 2.75) is 12.1 Å². The lowest BCUT2D eigenvalue weighted by Crippen LogP contribution is -2.15. The zero-order valence-electron chi connectivity index (χ0n) is 16.5. The Morgan fingerprint density at radius 1 is 1.06 bits per heavy atom. The van der Waals surface area contributed by atoms with Gasteiger partial charge in [0.05, 0.1) is 11.4 Å². The molecule has 1 amide bonds. The van der Waals surface area contributed by atoms with Crippen LogP contribution in [0.2, 0.25) is 5.02 Å². The third kappa shape index (κ3) is 5.18. The van der Waals surface area contributed by atoms with Crippen LogP contribution in [0.15, 0.2) is 82.4 Å². The monoisotopic (exact) mass is 512 g/mol. The number of carbonyl (C=O) groups excluding carboxylic acids is 1. The van der Waals surface area contributed by atoms with Crippen LogP contribution < -0.4 is 5.32 Å². The number of hydrogen-bond donors (Lipinski definition) is 1. The van der Waals surface area contributed by atoms with E-state index in [-0.39, 0.29) is 11.7 Å². The summed E-state index contributed by atoms with van der Waals surface area (Å²) in [4.78, 5) is 12.5. The van der Waals surface area contributed by atoms with Gasteiger partial charge in [-0.3, -0.25) is 9.36 Å². The second kappa shape index (κ2) is 9.68. The molecule has 0 aliphatic rings. The minimum atomic E-state index is -0.125. The van der Waals surface area contributed by atoms with Crippen molar-refractivity contribution < 1.29 is 4.79 Å². The zero-order chi connectivity index (χ0) is 21.8. The van der Waals surface area contributed by atoms with E-state index in [1.807, 2.05) is 78.2 Å². The Morgan fingerprint density at radius 2 is 1.84 bits per heavy atom. The molecule has 0 aliphatic heterocycles. The van der Waals surface area contributed by atoms with E-state index in [1.165, 1.54) is 11.8 Å². The number of carbonyl (C=O) groups is 1. The van der Waals surface area contributed by atoms with Gasteiger partial charge in [-0.15, -0.1) is 10.2 Å². The van der Waals surface area contributed by atoms with Gasteiger partial charge in [0.15, 0.2) is 11.0 Å². The third-order valence-corrected chi connectivity index (χ3v) is 6.35. The SMILES string of the molecule is Cc1cccc(-c2nnc(SCC(=O)Nc3ccccc3Br)n2-c2ccc(Cl)cc2)c1. The van der Waals surface area contributed by atoms with Gasteiger partial charge in [-0.1, -0.05) is 59.3 Å². The number of nitrogens with zero attached hydrogens (tertiary/aromatic N) is 3. The molecule has 0 unspecified atom stereocenters. The summed E-state index contributed by atoms with van der Waals surface area (Å²) in [5.74, 6) is 0.778. The fraction of sp³-hybridized carbons (Fsp3) is 0.0870. The van der Waals surface area contributed by atoms with E-state index < -0.39 is 0 Å². The van der Waals surface area contributed by atoms with Gasteiger partial charge in [-0.05, 0) is 65.3 Å². The smallest absolute Gasteiger partial charge is 0.234 e. The van der Waals surface area contributed by atoms with Crippen LogP contribution >= 0.6 is 39.3 Å². The topological polar surface area (TPSA) is 59.8 Å². The third-order valence-electron chi connectivity index (χ3n) is 4.47. The van der Waals surface area contributed by atoms with Crippen molar-refractivity contribution in [2.24, 2.45) is 0 Å². The normalized spacial score (nSPS) is 10.8. The number of nitrogens with one attached hydrogen (secondary N) is 1. The van der Waals surface area contributed by atoms with Crippen LogP contribution in [-0.4, -0.2) is 26.4 Å². The first-order chi connectivity index (χ1) is 15.0. The lowest BCUT2D eigenvalue weighted by Gasteiger charge is -2.11. The van der Waals surface area contributed by atoms with E-state index in [2.05, 4.69) is 37.5 Å². The van der Waals surface area contributed by atoms with Gasteiger partial charge in [0.1, 0.15) is 0 Å². The van der Waals surface area contributed by atoms with E-state index in [1.54, 1.807) is 0 Å². The average Bonchev–Trinajstić information content (AvgIpc) is 3.18. The maximum Gasteiger partial charge on any atom is 0.234 e. The molecular formula is C23H18BrClN4OS. The Kier molecular flexibility index (Phi) is 6.75. The number of hydrogen-bond acceptors (Lipinski definition) is 4. The largest absolute Gasteiger partial charge is 0.324 e. The van der Waals surface area contributed by atoms with Crippen molar-refractivity contribution in [3.05, 3.63) is 87.9 Å². The number of benzene rings is 3. The van der Waals surface area contributed by atoms with Gasteiger partial charge in [-0.25, -0.2) is 0 Å². The van der Waals surface area contributed by atoms with Crippen LogP contribution in [0.5, 0.6) is 0 Å². The lowest BCUT2D eigenvalue weighted by atomic mass is 10.1. The number of rotatable bonds is 6. The zero-order valence-corrected chi connectivity index (χ0v) is 19.7. The van der Waals surface area contributed by atoms with E-state index in [9.17, 15) is 4.79 Å². The van der Waals surface area contributed by atoms with Crippen molar-refractivity contribution in [1.29, 1.82) is 0 Å². The first-order valence-electron chi connectivity index (χ1n) is 9.47. The highest BCUT2D eigenvalue weighted by molar-refractivity contribution is 9.10. The van der Waals surface area contributed by atoms with Crippen molar-refractivity contribution >= 4 is 50.9 Å². The molecule has 8 heteroatoms. The Hall–Kier alpha value is -2.61. The number of thioether (sulfide) groups is 1. The van der Waals surface area contributed by atoms with Crippen LogP contribution in [0.25, 0.3) is 17.1 Å². The number of aromatic nitrogens is 3. The van der Waals surface area contributed by atoms with Crippen LogP contribution in [0.3, 0.4) is 0 Å². The lowest BCUT2D eigenvalue weighted by molar-refractivity contribution is -0.113. The predicted octanol–water partition coefficient (Wildman–Crippen LogP) is 6.39. The first-order valence-corrected chi connectivity index (χ1v) is 11.6. The highest BCUT2D eigenvalue weighted by Crippen LogP contribution is 2.29. The number of para-hydroxylation sites is 1. The van der Waals surface area contributed by atoms with Crippen molar-refractivity contribution in [3.8, 4) is 17.1 Å². The van der Waals surface area contributed by atoms with Crippen molar-refractivity contribution in [1.82, 2.24) is 14.8 Å². The maximum absolute atomic E-state index is 12.5. The van der Waals surface area contributed by atoms with Crippen LogP contribution in [-0.2, 0) is 4.79 Å². The molecule has 31 heavy (non-hydrogen) atoms. The Bertz CT molecular complexity index is 1230. The summed E-state index contributed by atoms with van der Waals surface area (Å²) in [6, 6.07) is 23.1. The molecule has 1 aromatic heterocycles. The fourth-order valence-electron chi connectivity index (χ4n) is 3.04. The second-order valence-corrected chi connectivity index (χ2v) is 9.04. The van der Waals surface area contributed by atoms with E-state index >= 15 is 0 Å². The number of anilines is 1. The van der Waals surface area contributed by atoms with Crippen molar-refractivity contribution in [3.63, 3.8) is 0 Å². The standard InChI is InChI=1S/C23H18BrClN4OS/c1-15-5-4-6-16(13-15)22-27-28-23(29(22)18-11-9-17(25)10-12-18)31-14-21(30)26-20-8-3-2-7-19(20)24/h2-13H,14H2,1H3,(H,26,30). The molecule has 5 nitrogen and oxygen atoms in total. The molecule has 1 heterocycles. The number of amides is 1. The summed E-state index contributed by atoms with van der Waals surface area (Å²) in [6.45, 7) is 2.04. The van der Waals surface area contributed by atoms with Crippen LogP contribution in [0.4, 0.5) is 5.69 Å². The summed E-state index contributed by atoms with van der Waals surface area (Å²) in [6.07, 6.45) is 0. The van der Waals surface area contributed by atoms with E-state index in [0.717, 1.165) is 27.0 Å². The van der Waals surface area contributed by atoms with Gasteiger partial charge < -0.3 is 5.32 Å². The molecule has 0 fully saturated rings. The Balaban J connectivity index is 1.62. The highest BCUT2D eigenvalue weighted by Gasteiger charge is 2.18. The van der Waals surface area contributed by atoms with Gasteiger partial charge in [0.2, 0.25) is 5.91 Å². The average molecular weight is 514 g/mol. The molecule has 0 radical (unpaired) electrons. The molecule has 0 saturated heterocycles. The summed E-state index contributed by atoms with van der Waals surface area (Å²) in [5, 5.41) is 13.0. The summed E-state index contributed by atoms with van der Waals surface area (Å²) in [5.41, 5.74) is 3.68. The summed E-state index contributed by atoms with van der Waals surface area (Å²) >= 11 is 10.9. The second-order valence-electron chi connectivity index (χ2n) is 6.80. The van der Waals surface area contributed by atoms with Gasteiger partial charge >= 0.3 is 0 Å². The minimum absolute atomic E-state index is 0.125. The molecule has 0 aliphatic carbocycles. The molecule has 4 rings (SSSR count). The Labute approximate surface area is 198 Å². The number of aryl methyl sites for hydroxylation is 1. The van der Waals surface area contributed by atoms with Crippen molar-refractivity contribution in [2.75, 3.05) is 11.1 Å². The first kappa shape index (κ1) is 21.6. The highest BCUT2D eigenvalue weighted by atomic mass is 79.9. The molecule has 0 spiro atoms. The predicted molar refractivity (Wildman–Crippen MR) is 130 cm³/mol. The quantitative estimate of drug-likeness (QED) is 0.304. The van der Waals surface area contributed by atoms with E-state index in [0.29, 0.717) is 16.0 Å². The summed E-state index contributed by atoms with van der Waals surface area (Å²) < 4.78 is 2.78.